The molecule has 0 atom stereocenters. The van der Waals surface area contributed by atoms with Gasteiger partial charge < -0.3 is 9.15 Å². The zero-order valence-corrected chi connectivity index (χ0v) is 9.30. The number of para-hydroxylation sites is 1. The summed E-state index contributed by atoms with van der Waals surface area (Å²) in [5, 5.41) is 1.07. The minimum absolute atomic E-state index is 0.556. The summed E-state index contributed by atoms with van der Waals surface area (Å²) < 4.78 is 11.2. The van der Waals surface area contributed by atoms with Gasteiger partial charge >= 0.3 is 0 Å². The molecule has 84 valence electrons. The molecule has 0 amide bonds. The summed E-state index contributed by atoms with van der Waals surface area (Å²) in [5.74, 6) is 0.788. The first-order valence-electron chi connectivity index (χ1n) is 5.56. The summed E-state index contributed by atoms with van der Waals surface area (Å²) in [6.07, 6.45) is 1.68. The smallest absolute Gasteiger partial charge is 0.175 e. The first kappa shape index (κ1) is 9.97. The van der Waals surface area contributed by atoms with Crippen LogP contribution in [0.5, 0.6) is 5.75 Å². The van der Waals surface area contributed by atoms with Crippen LogP contribution in [0.2, 0.25) is 0 Å². The molecule has 1 aromatic heterocycles. The largest absolute Gasteiger partial charge is 0.485 e. The second kappa shape index (κ2) is 4.34. The van der Waals surface area contributed by atoms with Crippen LogP contribution in [0.15, 0.2) is 65.3 Å². The summed E-state index contributed by atoms with van der Waals surface area (Å²) in [6, 6.07) is 17.9. The predicted octanol–water partition coefficient (Wildman–Crippen LogP) is 4.01. The molecule has 0 bridgehead atoms. The number of rotatable bonds is 3. The van der Waals surface area contributed by atoms with Crippen LogP contribution in [-0.2, 0) is 6.61 Å². The van der Waals surface area contributed by atoms with Crippen LogP contribution >= 0.6 is 0 Å². The molecule has 0 aliphatic carbocycles. The van der Waals surface area contributed by atoms with E-state index in [9.17, 15) is 0 Å². The van der Waals surface area contributed by atoms with Crippen molar-refractivity contribution in [1.82, 2.24) is 0 Å². The van der Waals surface area contributed by atoms with E-state index in [0.717, 1.165) is 22.3 Å². The van der Waals surface area contributed by atoms with E-state index in [1.165, 1.54) is 0 Å². The average molecular weight is 224 g/mol. The van der Waals surface area contributed by atoms with Gasteiger partial charge in [0.25, 0.3) is 0 Å². The standard InChI is InChI=1S/C15H12O2/c1-2-5-12(6-3-1)11-17-14-8-4-7-13-9-10-16-15(13)14/h1-10H,11H2. The third-order valence-corrected chi connectivity index (χ3v) is 2.68. The lowest BCUT2D eigenvalue weighted by Crippen LogP contribution is -1.94. The molecule has 0 aliphatic rings. The first-order valence-corrected chi connectivity index (χ1v) is 5.56. The Hall–Kier alpha value is -2.22. The third-order valence-electron chi connectivity index (χ3n) is 2.68. The average Bonchev–Trinajstić information content (AvgIpc) is 2.86. The number of fused-ring (bicyclic) bond motifs is 1. The van der Waals surface area contributed by atoms with Crippen molar-refractivity contribution in [3.8, 4) is 5.75 Å². The number of ether oxygens (including phenoxy) is 1. The van der Waals surface area contributed by atoms with E-state index < -0.39 is 0 Å². The lowest BCUT2D eigenvalue weighted by molar-refractivity contribution is 0.305. The fourth-order valence-electron chi connectivity index (χ4n) is 1.81. The van der Waals surface area contributed by atoms with Crippen molar-refractivity contribution >= 4 is 11.0 Å². The zero-order chi connectivity index (χ0) is 11.5. The van der Waals surface area contributed by atoms with Crippen LogP contribution in [-0.4, -0.2) is 0 Å². The molecular formula is C15H12O2. The topological polar surface area (TPSA) is 22.4 Å². The zero-order valence-electron chi connectivity index (χ0n) is 9.30. The molecule has 2 heteroatoms. The highest BCUT2D eigenvalue weighted by Crippen LogP contribution is 2.26. The molecule has 0 spiro atoms. The number of benzene rings is 2. The molecule has 0 saturated carbocycles. The van der Waals surface area contributed by atoms with Crippen LogP contribution in [0.4, 0.5) is 0 Å². The first-order chi connectivity index (χ1) is 8.43. The molecule has 3 rings (SSSR count). The maximum atomic E-state index is 5.77. The van der Waals surface area contributed by atoms with Gasteiger partial charge in [0, 0.05) is 5.39 Å². The normalized spacial score (nSPS) is 10.6. The Morgan fingerprint density at radius 3 is 2.65 bits per heavy atom. The van der Waals surface area contributed by atoms with E-state index in [-0.39, 0.29) is 0 Å². The van der Waals surface area contributed by atoms with Crippen LogP contribution in [0.1, 0.15) is 5.56 Å². The van der Waals surface area contributed by atoms with E-state index in [0.29, 0.717) is 6.61 Å². The molecule has 0 N–H and O–H groups in total. The highest BCUT2D eigenvalue weighted by atomic mass is 16.5. The molecule has 17 heavy (non-hydrogen) atoms. The summed E-state index contributed by atoms with van der Waals surface area (Å²) in [5.41, 5.74) is 1.96. The molecule has 0 aliphatic heterocycles. The van der Waals surface area contributed by atoms with Gasteiger partial charge in [-0.2, -0.15) is 0 Å². The van der Waals surface area contributed by atoms with Gasteiger partial charge in [0.15, 0.2) is 11.3 Å². The molecular weight excluding hydrogens is 212 g/mol. The van der Waals surface area contributed by atoms with Crippen LogP contribution < -0.4 is 4.74 Å². The quantitative estimate of drug-likeness (QED) is 0.670. The molecule has 2 aromatic carbocycles. The minimum atomic E-state index is 0.556. The lowest BCUT2D eigenvalue weighted by atomic mass is 10.2. The Bertz CT molecular complexity index is 611. The molecule has 3 aromatic rings. The minimum Gasteiger partial charge on any atom is -0.485 e. The molecule has 0 unspecified atom stereocenters. The molecule has 0 radical (unpaired) electrons. The Labute approximate surface area is 99.4 Å². The molecule has 0 saturated heterocycles. The molecule has 2 nitrogen and oxygen atoms in total. The second-order valence-corrected chi connectivity index (χ2v) is 3.87. The monoisotopic (exact) mass is 224 g/mol. The summed E-state index contributed by atoms with van der Waals surface area (Å²) in [4.78, 5) is 0. The van der Waals surface area contributed by atoms with Crippen molar-refractivity contribution in [2.24, 2.45) is 0 Å². The van der Waals surface area contributed by atoms with E-state index in [2.05, 4.69) is 0 Å². The van der Waals surface area contributed by atoms with E-state index in [4.69, 9.17) is 9.15 Å². The Morgan fingerprint density at radius 2 is 1.76 bits per heavy atom. The van der Waals surface area contributed by atoms with Crippen LogP contribution in [0, 0.1) is 0 Å². The highest BCUT2D eigenvalue weighted by molar-refractivity contribution is 5.82. The van der Waals surface area contributed by atoms with Crippen molar-refractivity contribution in [3.05, 3.63) is 66.4 Å². The van der Waals surface area contributed by atoms with Crippen LogP contribution in [0.25, 0.3) is 11.0 Å². The van der Waals surface area contributed by atoms with Gasteiger partial charge in [0.1, 0.15) is 6.61 Å². The van der Waals surface area contributed by atoms with Gasteiger partial charge in [-0.05, 0) is 17.7 Å². The number of hydrogen-bond donors (Lipinski definition) is 0. The highest BCUT2D eigenvalue weighted by Gasteiger charge is 2.04. The maximum Gasteiger partial charge on any atom is 0.175 e. The Balaban J connectivity index is 1.84. The number of hydrogen-bond acceptors (Lipinski definition) is 2. The number of furan rings is 1. The summed E-state index contributed by atoms with van der Waals surface area (Å²) >= 11 is 0. The van der Waals surface area contributed by atoms with Gasteiger partial charge in [0.05, 0.1) is 6.26 Å². The Morgan fingerprint density at radius 1 is 0.882 bits per heavy atom. The molecule has 0 fully saturated rings. The van der Waals surface area contributed by atoms with Crippen molar-refractivity contribution in [1.29, 1.82) is 0 Å². The van der Waals surface area contributed by atoms with E-state index in [1.807, 2.05) is 54.6 Å². The fraction of sp³-hybridized carbons (Fsp3) is 0.0667. The van der Waals surface area contributed by atoms with Crippen molar-refractivity contribution in [2.45, 2.75) is 6.61 Å². The summed E-state index contributed by atoms with van der Waals surface area (Å²) in [6.45, 7) is 0.556. The van der Waals surface area contributed by atoms with Gasteiger partial charge in [0.2, 0.25) is 0 Å². The van der Waals surface area contributed by atoms with Crippen molar-refractivity contribution < 1.29 is 9.15 Å². The second-order valence-electron chi connectivity index (χ2n) is 3.87. The van der Waals surface area contributed by atoms with Crippen LogP contribution in [0.3, 0.4) is 0 Å². The lowest BCUT2D eigenvalue weighted by Gasteiger charge is -2.06. The SMILES string of the molecule is c1ccc(COc2cccc3ccoc23)cc1. The van der Waals surface area contributed by atoms with Gasteiger partial charge in [-0.3, -0.25) is 0 Å². The van der Waals surface area contributed by atoms with E-state index in [1.54, 1.807) is 6.26 Å². The van der Waals surface area contributed by atoms with Gasteiger partial charge in [-0.15, -0.1) is 0 Å². The van der Waals surface area contributed by atoms with Crippen molar-refractivity contribution in [2.75, 3.05) is 0 Å². The van der Waals surface area contributed by atoms with Crippen molar-refractivity contribution in [3.63, 3.8) is 0 Å². The van der Waals surface area contributed by atoms with Gasteiger partial charge in [-0.1, -0.05) is 42.5 Å². The summed E-state index contributed by atoms with van der Waals surface area (Å²) in [7, 11) is 0. The Kier molecular flexibility index (Phi) is 2.54. The maximum absolute atomic E-state index is 5.77. The third kappa shape index (κ3) is 2.02. The van der Waals surface area contributed by atoms with Gasteiger partial charge in [-0.25, -0.2) is 0 Å². The fourth-order valence-corrected chi connectivity index (χ4v) is 1.81. The van der Waals surface area contributed by atoms with E-state index >= 15 is 0 Å². The molecule has 1 heterocycles. The predicted molar refractivity (Wildman–Crippen MR) is 67.0 cm³/mol.